The Morgan fingerprint density at radius 2 is 1.76 bits per heavy atom. The van der Waals surface area contributed by atoms with Crippen molar-refractivity contribution in [3.63, 3.8) is 0 Å². The largest absolute Gasteiger partial charge is 0.458 e. The van der Waals surface area contributed by atoms with Crippen molar-refractivity contribution in [1.82, 2.24) is 5.32 Å². The molecule has 0 unspecified atom stereocenters. The van der Waals surface area contributed by atoms with Crippen LogP contribution in [0.3, 0.4) is 0 Å². The second kappa shape index (κ2) is 7.47. The van der Waals surface area contributed by atoms with Crippen molar-refractivity contribution in [3.05, 3.63) is 48.0 Å². The zero-order valence-corrected chi connectivity index (χ0v) is 12.6. The fourth-order valence-corrected chi connectivity index (χ4v) is 1.46. The molecule has 0 fully saturated rings. The standard InChI is InChI=1S/C16H21NO4/c1-5-14(18)20-11-13-8-6-12(7-9-13)10-17-15(19)21-16(2,3)4/h5-9H,1,10-11H2,2-4H3,(H,17,19). The summed E-state index contributed by atoms with van der Waals surface area (Å²) in [6, 6.07) is 7.38. The van der Waals surface area contributed by atoms with Crippen LogP contribution in [0.5, 0.6) is 0 Å². The molecule has 114 valence electrons. The lowest BCUT2D eigenvalue weighted by Gasteiger charge is -2.19. The quantitative estimate of drug-likeness (QED) is 0.669. The Hall–Kier alpha value is -2.30. The van der Waals surface area contributed by atoms with E-state index in [4.69, 9.17) is 9.47 Å². The molecule has 0 aromatic heterocycles. The fourth-order valence-electron chi connectivity index (χ4n) is 1.46. The molecule has 5 heteroatoms. The summed E-state index contributed by atoms with van der Waals surface area (Å²) in [6.07, 6.45) is 0.672. The molecule has 0 aliphatic carbocycles. The van der Waals surface area contributed by atoms with E-state index in [1.165, 1.54) is 0 Å². The lowest BCUT2D eigenvalue weighted by atomic mass is 10.1. The topological polar surface area (TPSA) is 64.6 Å². The predicted octanol–water partition coefficient (Wildman–Crippen LogP) is 2.94. The summed E-state index contributed by atoms with van der Waals surface area (Å²) >= 11 is 0. The number of nitrogens with one attached hydrogen (secondary N) is 1. The molecule has 0 aliphatic heterocycles. The van der Waals surface area contributed by atoms with E-state index < -0.39 is 17.7 Å². The molecule has 0 saturated carbocycles. The first-order chi connectivity index (χ1) is 9.80. The molecular weight excluding hydrogens is 270 g/mol. The van der Waals surface area contributed by atoms with Gasteiger partial charge in [0.1, 0.15) is 12.2 Å². The summed E-state index contributed by atoms with van der Waals surface area (Å²) in [7, 11) is 0. The summed E-state index contributed by atoms with van der Waals surface area (Å²) in [5.41, 5.74) is 1.29. The molecule has 0 aliphatic rings. The highest BCUT2D eigenvalue weighted by Gasteiger charge is 2.15. The van der Waals surface area contributed by atoms with E-state index in [1.54, 1.807) is 0 Å². The maximum absolute atomic E-state index is 11.5. The van der Waals surface area contributed by atoms with Gasteiger partial charge >= 0.3 is 12.1 Å². The summed E-state index contributed by atoms with van der Waals surface area (Å²) in [6.45, 7) is 9.34. The van der Waals surface area contributed by atoms with Crippen molar-refractivity contribution in [2.45, 2.75) is 39.5 Å². The van der Waals surface area contributed by atoms with Crippen molar-refractivity contribution in [2.24, 2.45) is 0 Å². The molecule has 1 rings (SSSR count). The highest BCUT2D eigenvalue weighted by atomic mass is 16.6. The molecule has 0 atom stereocenters. The van der Waals surface area contributed by atoms with Crippen molar-refractivity contribution < 1.29 is 19.1 Å². The van der Waals surface area contributed by atoms with Gasteiger partial charge < -0.3 is 14.8 Å². The van der Waals surface area contributed by atoms with E-state index >= 15 is 0 Å². The molecule has 0 radical (unpaired) electrons. The number of ether oxygens (including phenoxy) is 2. The third kappa shape index (κ3) is 7.15. The lowest BCUT2D eigenvalue weighted by molar-refractivity contribution is -0.138. The monoisotopic (exact) mass is 291 g/mol. The smallest absolute Gasteiger partial charge is 0.407 e. The van der Waals surface area contributed by atoms with Gasteiger partial charge in [-0.05, 0) is 31.9 Å². The Morgan fingerprint density at radius 1 is 1.19 bits per heavy atom. The normalized spacial score (nSPS) is 10.6. The minimum atomic E-state index is -0.511. The Bertz CT molecular complexity index is 500. The minimum Gasteiger partial charge on any atom is -0.458 e. The molecule has 1 N–H and O–H groups in total. The van der Waals surface area contributed by atoms with E-state index in [1.807, 2.05) is 45.0 Å². The van der Waals surface area contributed by atoms with Crippen LogP contribution in [-0.4, -0.2) is 17.7 Å². The van der Waals surface area contributed by atoms with Gasteiger partial charge in [-0.25, -0.2) is 9.59 Å². The molecule has 0 spiro atoms. The molecule has 0 bridgehead atoms. The first kappa shape index (κ1) is 16.8. The van der Waals surface area contributed by atoms with Crippen LogP contribution in [0.25, 0.3) is 0 Å². The number of alkyl carbamates (subject to hydrolysis) is 1. The molecule has 0 heterocycles. The zero-order chi connectivity index (χ0) is 15.9. The van der Waals surface area contributed by atoms with Crippen molar-refractivity contribution in [2.75, 3.05) is 0 Å². The number of hydrogen-bond acceptors (Lipinski definition) is 4. The molecular formula is C16H21NO4. The summed E-state index contributed by atoms with van der Waals surface area (Å²) < 4.78 is 10.1. The maximum atomic E-state index is 11.5. The van der Waals surface area contributed by atoms with E-state index in [-0.39, 0.29) is 6.61 Å². The van der Waals surface area contributed by atoms with Crippen LogP contribution in [0.1, 0.15) is 31.9 Å². The van der Waals surface area contributed by atoms with Crippen LogP contribution in [0, 0.1) is 0 Å². The molecule has 1 aromatic rings. The van der Waals surface area contributed by atoms with Crippen molar-refractivity contribution in [3.8, 4) is 0 Å². The molecule has 1 amide bonds. The highest BCUT2D eigenvalue weighted by Crippen LogP contribution is 2.08. The maximum Gasteiger partial charge on any atom is 0.407 e. The van der Waals surface area contributed by atoms with Crippen LogP contribution >= 0.6 is 0 Å². The number of amides is 1. The van der Waals surface area contributed by atoms with Gasteiger partial charge in [-0.3, -0.25) is 0 Å². The van der Waals surface area contributed by atoms with Crippen LogP contribution in [0.4, 0.5) is 4.79 Å². The average Bonchev–Trinajstić information content (AvgIpc) is 2.41. The van der Waals surface area contributed by atoms with Gasteiger partial charge in [0, 0.05) is 12.6 Å². The van der Waals surface area contributed by atoms with Gasteiger partial charge in [-0.1, -0.05) is 30.8 Å². The highest BCUT2D eigenvalue weighted by molar-refractivity contribution is 5.81. The van der Waals surface area contributed by atoms with Crippen LogP contribution in [0.2, 0.25) is 0 Å². The zero-order valence-electron chi connectivity index (χ0n) is 12.6. The minimum absolute atomic E-state index is 0.199. The number of rotatable bonds is 5. The van der Waals surface area contributed by atoms with Gasteiger partial charge in [0.05, 0.1) is 0 Å². The van der Waals surface area contributed by atoms with Crippen molar-refractivity contribution >= 4 is 12.1 Å². The second-order valence-corrected chi connectivity index (χ2v) is 5.48. The lowest BCUT2D eigenvalue weighted by Crippen LogP contribution is -2.32. The number of carbonyl (C=O) groups is 2. The van der Waals surface area contributed by atoms with E-state index in [0.717, 1.165) is 17.2 Å². The van der Waals surface area contributed by atoms with Crippen LogP contribution in [-0.2, 0) is 27.4 Å². The molecule has 21 heavy (non-hydrogen) atoms. The van der Waals surface area contributed by atoms with Crippen LogP contribution < -0.4 is 5.32 Å². The number of esters is 1. The first-order valence-electron chi connectivity index (χ1n) is 6.64. The van der Waals surface area contributed by atoms with Gasteiger partial charge in [0.25, 0.3) is 0 Å². The fraction of sp³-hybridized carbons (Fsp3) is 0.375. The van der Waals surface area contributed by atoms with Crippen LogP contribution in [0.15, 0.2) is 36.9 Å². The molecule has 5 nitrogen and oxygen atoms in total. The number of benzene rings is 1. The Labute approximate surface area is 124 Å². The Kier molecular flexibility index (Phi) is 5.96. The third-order valence-electron chi connectivity index (χ3n) is 2.41. The SMILES string of the molecule is C=CC(=O)OCc1ccc(CNC(=O)OC(C)(C)C)cc1. The van der Waals surface area contributed by atoms with Gasteiger partial charge in [0.2, 0.25) is 0 Å². The first-order valence-corrected chi connectivity index (χ1v) is 6.64. The van der Waals surface area contributed by atoms with E-state index in [9.17, 15) is 9.59 Å². The Morgan fingerprint density at radius 3 is 2.29 bits per heavy atom. The van der Waals surface area contributed by atoms with Gasteiger partial charge in [-0.15, -0.1) is 0 Å². The predicted molar refractivity (Wildman–Crippen MR) is 79.5 cm³/mol. The van der Waals surface area contributed by atoms with Crippen molar-refractivity contribution in [1.29, 1.82) is 0 Å². The Balaban J connectivity index is 2.42. The summed E-state index contributed by atoms with van der Waals surface area (Å²) in [5, 5.41) is 2.67. The second-order valence-electron chi connectivity index (χ2n) is 5.48. The number of hydrogen-bond donors (Lipinski definition) is 1. The summed E-state index contributed by atoms with van der Waals surface area (Å²) in [4.78, 5) is 22.5. The van der Waals surface area contributed by atoms with Gasteiger partial charge in [-0.2, -0.15) is 0 Å². The molecule has 0 saturated heterocycles. The number of carbonyl (C=O) groups excluding carboxylic acids is 2. The molecule has 1 aromatic carbocycles. The van der Waals surface area contributed by atoms with E-state index in [0.29, 0.717) is 6.54 Å². The summed E-state index contributed by atoms with van der Waals surface area (Å²) in [5.74, 6) is -0.453. The van der Waals surface area contributed by atoms with E-state index in [2.05, 4.69) is 11.9 Å². The van der Waals surface area contributed by atoms with Gasteiger partial charge in [0.15, 0.2) is 0 Å². The average molecular weight is 291 g/mol. The third-order valence-corrected chi connectivity index (χ3v) is 2.41.